The molecule has 2 heterocycles. The quantitative estimate of drug-likeness (QED) is 0.783. The number of carbonyl (C=O) groups is 1. The summed E-state index contributed by atoms with van der Waals surface area (Å²) in [4.78, 5) is 14.5. The Kier molecular flexibility index (Phi) is 5.01. The lowest BCUT2D eigenvalue weighted by atomic mass is 9.92. The lowest BCUT2D eigenvalue weighted by Gasteiger charge is -2.31. The number of amides is 1. The minimum Gasteiger partial charge on any atom is -0.356 e. The van der Waals surface area contributed by atoms with E-state index in [2.05, 4.69) is 29.5 Å². The molecule has 3 atom stereocenters. The molecule has 1 amide bonds. The van der Waals surface area contributed by atoms with Gasteiger partial charge in [-0.25, -0.2) is 0 Å². The van der Waals surface area contributed by atoms with Crippen molar-refractivity contribution in [1.29, 1.82) is 0 Å². The summed E-state index contributed by atoms with van der Waals surface area (Å²) in [6, 6.07) is 0.482. The number of hydrogen-bond acceptors (Lipinski definition) is 3. The summed E-state index contributed by atoms with van der Waals surface area (Å²) in [6.07, 6.45) is 4.49. The maximum Gasteiger partial charge on any atom is 0.223 e. The molecule has 0 aromatic carbocycles. The number of nitrogens with one attached hydrogen (secondary N) is 2. The van der Waals surface area contributed by atoms with Crippen molar-refractivity contribution in [3.63, 3.8) is 0 Å². The second-order valence-corrected chi connectivity index (χ2v) is 6.09. The Morgan fingerprint density at radius 2 is 2.28 bits per heavy atom. The van der Waals surface area contributed by atoms with Gasteiger partial charge in [0.1, 0.15) is 0 Å². The Morgan fingerprint density at radius 1 is 1.44 bits per heavy atom. The Hall–Kier alpha value is -0.610. The Morgan fingerprint density at radius 3 is 3.00 bits per heavy atom. The lowest BCUT2D eigenvalue weighted by Crippen LogP contribution is -2.45. The number of carbonyl (C=O) groups excluding carboxylic acids is 1. The second-order valence-electron chi connectivity index (χ2n) is 6.09. The monoisotopic (exact) mass is 253 g/mol. The molecule has 2 saturated heterocycles. The molecule has 3 unspecified atom stereocenters. The van der Waals surface area contributed by atoms with Crippen LogP contribution >= 0.6 is 0 Å². The van der Waals surface area contributed by atoms with Gasteiger partial charge in [-0.1, -0.05) is 0 Å². The highest BCUT2D eigenvalue weighted by atomic mass is 16.1. The van der Waals surface area contributed by atoms with Crippen LogP contribution in [0, 0.1) is 11.8 Å². The van der Waals surface area contributed by atoms with E-state index < -0.39 is 0 Å². The zero-order valence-corrected chi connectivity index (χ0v) is 11.7. The van der Waals surface area contributed by atoms with Crippen LogP contribution < -0.4 is 10.6 Å². The summed E-state index contributed by atoms with van der Waals surface area (Å²) in [7, 11) is 2.17. The van der Waals surface area contributed by atoms with E-state index in [-0.39, 0.29) is 11.8 Å². The summed E-state index contributed by atoms with van der Waals surface area (Å²) in [6.45, 7) is 6.33. The average molecular weight is 253 g/mol. The van der Waals surface area contributed by atoms with E-state index in [0.29, 0.717) is 12.0 Å². The fourth-order valence-corrected chi connectivity index (χ4v) is 3.20. The molecule has 4 nitrogen and oxygen atoms in total. The SMILES string of the molecule is CC1CC(C(=O)NCC2CCCN(C)C2)CCN1. The molecular weight excluding hydrogens is 226 g/mol. The van der Waals surface area contributed by atoms with E-state index in [1.54, 1.807) is 0 Å². The standard InChI is InChI=1S/C14H27N3O/c1-11-8-13(5-6-15-11)14(18)16-9-12-4-3-7-17(2)10-12/h11-13,15H,3-10H2,1-2H3,(H,16,18). The first kappa shape index (κ1) is 13.8. The van der Waals surface area contributed by atoms with Crippen LogP contribution in [0.5, 0.6) is 0 Å². The molecule has 18 heavy (non-hydrogen) atoms. The molecule has 4 heteroatoms. The molecule has 104 valence electrons. The maximum absolute atomic E-state index is 12.1. The first-order chi connectivity index (χ1) is 8.65. The molecule has 0 bridgehead atoms. The summed E-state index contributed by atoms with van der Waals surface area (Å²) < 4.78 is 0. The first-order valence-corrected chi connectivity index (χ1v) is 7.35. The molecule has 2 N–H and O–H groups in total. The van der Waals surface area contributed by atoms with Gasteiger partial charge in [-0.2, -0.15) is 0 Å². The Labute approximate surface area is 110 Å². The highest BCUT2D eigenvalue weighted by Gasteiger charge is 2.25. The van der Waals surface area contributed by atoms with E-state index >= 15 is 0 Å². The zero-order chi connectivity index (χ0) is 13.0. The highest BCUT2D eigenvalue weighted by molar-refractivity contribution is 5.78. The van der Waals surface area contributed by atoms with Crippen LogP contribution in [-0.4, -0.2) is 50.1 Å². The van der Waals surface area contributed by atoms with Crippen molar-refractivity contribution in [2.75, 3.05) is 33.2 Å². The van der Waals surface area contributed by atoms with Crippen LogP contribution in [0.1, 0.15) is 32.6 Å². The predicted molar refractivity (Wildman–Crippen MR) is 73.4 cm³/mol. The Bertz CT molecular complexity index is 282. The molecule has 0 aromatic heterocycles. The summed E-state index contributed by atoms with van der Waals surface area (Å²) in [5, 5.41) is 6.56. The van der Waals surface area contributed by atoms with Crippen LogP contribution in [0.15, 0.2) is 0 Å². The largest absolute Gasteiger partial charge is 0.356 e. The third-order valence-corrected chi connectivity index (χ3v) is 4.28. The second kappa shape index (κ2) is 6.53. The number of hydrogen-bond donors (Lipinski definition) is 2. The smallest absolute Gasteiger partial charge is 0.223 e. The molecule has 0 aliphatic carbocycles. The third-order valence-electron chi connectivity index (χ3n) is 4.28. The summed E-state index contributed by atoms with van der Waals surface area (Å²) in [5.41, 5.74) is 0. The summed E-state index contributed by atoms with van der Waals surface area (Å²) >= 11 is 0. The van der Waals surface area contributed by atoms with Crippen LogP contribution in [0.2, 0.25) is 0 Å². The zero-order valence-electron chi connectivity index (χ0n) is 11.7. The topological polar surface area (TPSA) is 44.4 Å². The van der Waals surface area contributed by atoms with E-state index in [1.165, 1.54) is 19.4 Å². The van der Waals surface area contributed by atoms with Crippen LogP contribution in [0.3, 0.4) is 0 Å². The van der Waals surface area contributed by atoms with Gasteiger partial charge < -0.3 is 15.5 Å². The first-order valence-electron chi connectivity index (χ1n) is 7.35. The minimum atomic E-state index is 0.225. The highest BCUT2D eigenvalue weighted by Crippen LogP contribution is 2.17. The van der Waals surface area contributed by atoms with Crippen molar-refractivity contribution in [2.24, 2.45) is 11.8 Å². The van der Waals surface area contributed by atoms with Gasteiger partial charge in [0.2, 0.25) is 5.91 Å². The van der Waals surface area contributed by atoms with Crippen molar-refractivity contribution in [3.8, 4) is 0 Å². The molecular formula is C14H27N3O. The Balaban J connectivity index is 1.70. The third kappa shape index (κ3) is 3.95. The van der Waals surface area contributed by atoms with Crippen molar-refractivity contribution in [1.82, 2.24) is 15.5 Å². The van der Waals surface area contributed by atoms with E-state index in [1.807, 2.05) is 0 Å². The molecule has 2 aliphatic rings. The predicted octanol–water partition coefficient (Wildman–Crippen LogP) is 0.833. The van der Waals surface area contributed by atoms with Crippen molar-refractivity contribution in [3.05, 3.63) is 0 Å². The van der Waals surface area contributed by atoms with Crippen LogP contribution in [0.25, 0.3) is 0 Å². The number of nitrogens with zero attached hydrogens (tertiary/aromatic N) is 1. The lowest BCUT2D eigenvalue weighted by molar-refractivity contribution is -0.126. The molecule has 0 spiro atoms. The number of rotatable bonds is 3. The molecule has 2 fully saturated rings. The fourth-order valence-electron chi connectivity index (χ4n) is 3.20. The summed E-state index contributed by atoms with van der Waals surface area (Å²) in [5.74, 6) is 1.14. The van der Waals surface area contributed by atoms with E-state index in [4.69, 9.17) is 0 Å². The van der Waals surface area contributed by atoms with Gasteiger partial charge in [-0.05, 0) is 58.7 Å². The maximum atomic E-state index is 12.1. The fraction of sp³-hybridized carbons (Fsp3) is 0.929. The van der Waals surface area contributed by atoms with Crippen LogP contribution in [0.4, 0.5) is 0 Å². The number of piperidine rings is 2. The molecule has 0 saturated carbocycles. The minimum absolute atomic E-state index is 0.225. The average Bonchev–Trinajstić information content (AvgIpc) is 2.36. The van der Waals surface area contributed by atoms with E-state index in [0.717, 1.165) is 32.5 Å². The van der Waals surface area contributed by atoms with Crippen molar-refractivity contribution in [2.45, 2.75) is 38.6 Å². The van der Waals surface area contributed by atoms with Gasteiger partial charge in [0.25, 0.3) is 0 Å². The molecule has 0 radical (unpaired) electrons. The molecule has 2 aliphatic heterocycles. The van der Waals surface area contributed by atoms with Crippen LogP contribution in [-0.2, 0) is 4.79 Å². The molecule has 0 aromatic rings. The normalized spacial score (nSPS) is 34.2. The van der Waals surface area contributed by atoms with Crippen molar-refractivity contribution >= 4 is 5.91 Å². The van der Waals surface area contributed by atoms with Gasteiger partial charge in [0, 0.05) is 25.0 Å². The van der Waals surface area contributed by atoms with Gasteiger partial charge in [-0.15, -0.1) is 0 Å². The number of likely N-dealkylation sites (tertiary alicyclic amines) is 1. The van der Waals surface area contributed by atoms with Gasteiger partial charge >= 0.3 is 0 Å². The van der Waals surface area contributed by atoms with E-state index in [9.17, 15) is 4.79 Å². The van der Waals surface area contributed by atoms with Crippen molar-refractivity contribution < 1.29 is 4.79 Å². The van der Waals surface area contributed by atoms with Gasteiger partial charge in [0.15, 0.2) is 0 Å². The van der Waals surface area contributed by atoms with Gasteiger partial charge in [0.05, 0.1) is 0 Å². The van der Waals surface area contributed by atoms with Gasteiger partial charge in [-0.3, -0.25) is 4.79 Å². The molecule has 2 rings (SSSR count).